The van der Waals surface area contributed by atoms with Gasteiger partial charge in [0.2, 0.25) is 0 Å². The Morgan fingerprint density at radius 1 is 1.36 bits per heavy atom. The lowest BCUT2D eigenvalue weighted by molar-refractivity contribution is 0.151. The monoisotopic (exact) mass is 321 g/mol. The fourth-order valence-electron chi connectivity index (χ4n) is 3.02. The predicted octanol–water partition coefficient (Wildman–Crippen LogP) is 3.32. The molecule has 3 rings (SSSR count). The summed E-state index contributed by atoms with van der Waals surface area (Å²) >= 11 is 0. The third-order valence-corrected chi connectivity index (χ3v) is 4.29. The molecule has 22 heavy (non-hydrogen) atoms. The summed E-state index contributed by atoms with van der Waals surface area (Å²) in [7, 11) is 0. The van der Waals surface area contributed by atoms with Crippen LogP contribution in [-0.4, -0.2) is 29.2 Å². The fraction of sp³-hybridized carbons (Fsp3) is 0.471. The molecule has 5 heteroatoms. The molecule has 1 aliphatic heterocycles. The van der Waals surface area contributed by atoms with Crippen LogP contribution in [0.3, 0.4) is 0 Å². The van der Waals surface area contributed by atoms with E-state index < -0.39 is 0 Å². The van der Waals surface area contributed by atoms with Crippen LogP contribution in [0.1, 0.15) is 25.5 Å². The lowest BCUT2D eigenvalue weighted by Gasteiger charge is -2.34. The molecule has 4 nitrogen and oxygen atoms in total. The summed E-state index contributed by atoms with van der Waals surface area (Å²) in [6.07, 6.45) is 2.46. The summed E-state index contributed by atoms with van der Waals surface area (Å²) in [5.41, 5.74) is 8.11. The van der Waals surface area contributed by atoms with Gasteiger partial charge >= 0.3 is 0 Å². The molecule has 2 heterocycles. The standard InChI is InChI=1S/C17H23N3O.ClH/c1-13(18)15-8-5-9-20(11-15)12-16-10-17(21-19-16)14-6-3-2-4-7-14;/h2-4,6-7,10,13,15H,5,8-9,11-12,18H2,1H3;1H. The fourth-order valence-corrected chi connectivity index (χ4v) is 3.02. The zero-order valence-electron chi connectivity index (χ0n) is 12.9. The molecule has 1 aromatic heterocycles. The van der Waals surface area contributed by atoms with Gasteiger partial charge in [-0.1, -0.05) is 35.5 Å². The Bertz CT molecular complexity index is 570. The van der Waals surface area contributed by atoms with Crippen molar-refractivity contribution in [2.24, 2.45) is 11.7 Å². The van der Waals surface area contributed by atoms with E-state index in [2.05, 4.69) is 17.0 Å². The first-order chi connectivity index (χ1) is 10.2. The van der Waals surface area contributed by atoms with Gasteiger partial charge in [0, 0.05) is 30.8 Å². The SMILES string of the molecule is CC(N)C1CCCN(Cc2cc(-c3ccccc3)on2)C1.Cl. The smallest absolute Gasteiger partial charge is 0.167 e. The van der Waals surface area contributed by atoms with Crippen LogP contribution in [0.4, 0.5) is 0 Å². The highest BCUT2D eigenvalue weighted by molar-refractivity contribution is 5.85. The van der Waals surface area contributed by atoms with Crippen molar-refractivity contribution in [2.45, 2.75) is 32.4 Å². The first-order valence-corrected chi connectivity index (χ1v) is 7.71. The Morgan fingerprint density at radius 2 is 2.14 bits per heavy atom. The second-order valence-corrected chi connectivity index (χ2v) is 6.05. The Labute approximate surface area is 138 Å². The van der Waals surface area contributed by atoms with Gasteiger partial charge in [0.05, 0.1) is 5.69 Å². The molecule has 0 saturated carbocycles. The van der Waals surface area contributed by atoms with Crippen molar-refractivity contribution in [1.82, 2.24) is 10.1 Å². The summed E-state index contributed by atoms with van der Waals surface area (Å²) in [6.45, 7) is 5.14. The molecule has 2 N–H and O–H groups in total. The maximum atomic E-state index is 6.04. The zero-order valence-corrected chi connectivity index (χ0v) is 13.8. The number of nitrogens with two attached hydrogens (primary N) is 1. The van der Waals surface area contributed by atoms with E-state index in [1.165, 1.54) is 12.8 Å². The van der Waals surface area contributed by atoms with Gasteiger partial charge in [-0.05, 0) is 32.2 Å². The summed E-state index contributed by atoms with van der Waals surface area (Å²) in [6, 6.07) is 12.4. The van der Waals surface area contributed by atoms with Crippen molar-refractivity contribution in [3.8, 4) is 11.3 Å². The second kappa shape index (κ2) is 7.77. The highest BCUT2D eigenvalue weighted by Gasteiger charge is 2.23. The first kappa shape index (κ1) is 17.0. The topological polar surface area (TPSA) is 55.3 Å². The molecule has 1 aliphatic rings. The molecule has 2 atom stereocenters. The minimum Gasteiger partial charge on any atom is -0.356 e. The van der Waals surface area contributed by atoms with Gasteiger partial charge in [-0.15, -0.1) is 12.4 Å². The van der Waals surface area contributed by atoms with Crippen molar-refractivity contribution < 1.29 is 4.52 Å². The third kappa shape index (κ3) is 4.09. The summed E-state index contributed by atoms with van der Waals surface area (Å²) in [5.74, 6) is 1.44. The van der Waals surface area contributed by atoms with E-state index in [1.54, 1.807) is 0 Å². The van der Waals surface area contributed by atoms with E-state index in [-0.39, 0.29) is 18.4 Å². The van der Waals surface area contributed by atoms with Gasteiger partial charge < -0.3 is 10.3 Å². The summed E-state index contributed by atoms with van der Waals surface area (Å²) in [4.78, 5) is 2.43. The Morgan fingerprint density at radius 3 is 2.86 bits per heavy atom. The quantitative estimate of drug-likeness (QED) is 0.938. The molecule has 0 spiro atoms. The Balaban J connectivity index is 0.00000176. The number of aromatic nitrogens is 1. The molecule has 2 unspecified atom stereocenters. The number of halogens is 1. The van der Waals surface area contributed by atoms with Crippen molar-refractivity contribution in [3.63, 3.8) is 0 Å². The van der Waals surface area contributed by atoms with Gasteiger partial charge in [-0.2, -0.15) is 0 Å². The molecule has 0 amide bonds. The Kier molecular flexibility index (Phi) is 6.00. The normalized spacial score (nSPS) is 20.4. The van der Waals surface area contributed by atoms with Crippen LogP contribution in [0.25, 0.3) is 11.3 Å². The van der Waals surface area contributed by atoms with Crippen LogP contribution in [0.5, 0.6) is 0 Å². The van der Waals surface area contributed by atoms with Crippen LogP contribution < -0.4 is 5.73 Å². The molecule has 1 saturated heterocycles. The molecule has 1 fully saturated rings. The number of hydrogen-bond acceptors (Lipinski definition) is 4. The van der Waals surface area contributed by atoms with Crippen LogP contribution >= 0.6 is 12.4 Å². The predicted molar refractivity (Wildman–Crippen MR) is 90.8 cm³/mol. The van der Waals surface area contributed by atoms with Crippen molar-refractivity contribution >= 4 is 12.4 Å². The molecule has 0 aliphatic carbocycles. The number of rotatable bonds is 4. The molecule has 0 radical (unpaired) electrons. The molecule has 1 aromatic carbocycles. The number of hydrogen-bond donors (Lipinski definition) is 1. The maximum Gasteiger partial charge on any atom is 0.167 e. The van der Waals surface area contributed by atoms with Crippen molar-refractivity contribution in [1.29, 1.82) is 0 Å². The van der Waals surface area contributed by atoms with Crippen LogP contribution in [0.2, 0.25) is 0 Å². The van der Waals surface area contributed by atoms with Gasteiger partial charge in [-0.25, -0.2) is 0 Å². The zero-order chi connectivity index (χ0) is 14.7. The highest BCUT2D eigenvalue weighted by atomic mass is 35.5. The second-order valence-electron chi connectivity index (χ2n) is 6.05. The lowest BCUT2D eigenvalue weighted by atomic mass is 9.92. The molecular weight excluding hydrogens is 298 g/mol. The first-order valence-electron chi connectivity index (χ1n) is 7.71. The van der Waals surface area contributed by atoms with Gasteiger partial charge in [0.25, 0.3) is 0 Å². The average molecular weight is 322 g/mol. The molecule has 120 valence electrons. The number of piperidine rings is 1. The van der Waals surface area contributed by atoms with Crippen LogP contribution in [0, 0.1) is 5.92 Å². The maximum absolute atomic E-state index is 6.04. The van der Waals surface area contributed by atoms with Gasteiger partial charge in [0.15, 0.2) is 5.76 Å². The molecular formula is C17H24ClN3O. The van der Waals surface area contributed by atoms with E-state index >= 15 is 0 Å². The minimum absolute atomic E-state index is 0. The van der Waals surface area contributed by atoms with Crippen molar-refractivity contribution in [3.05, 3.63) is 42.1 Å². The molecule has 2 aromatic rings. The Hall–Kier alpha value is -1.36. The molecule has 0 bridgehead atoms. The highest BCUT2D eigenvalue weighted by Crippen LogP contribution is 2.23. The van der Waals surface area contributed by atoms with Gasteiger partial charge in [-0.3, -0.25) is 4.90 Å². The van der Waals surface area contributed by atoms with Crippen LogP contribution in [0.15, 0.2) is 40.9 Å². The van der Waals surface area contributed by atoms with E-state index in [4.69, 9.17) is 10.3 Å². The summed E-state index contributed by atoms with van der Waals surface area (Å²) < 4.78 is 5.47. The summed E-state index contributed by atoms with van der Waals surface area (Å²) in [5, 5.41) is 4.21. The number of benzene rings is 1. The number of likely N-dealkylation sites (tertiary alicyclic amines) is 1. The van der Waals surface area contributed by atoms with E-state index in [1.807, 2.05) is 36.4 Å². The third-order valence-electron chi connectivity index (χ3n) is 4.29. The lowest BCUT2D eigenvalue weighted by Crippen LogP contribution is -2.41. The van der Waals surface area contributed by atoms with Crippen molar-refractivity contribution in [2.75, 3.05) is 13.1 Å². The van der Waals surface area contributed by atoms with E-state index in [0.717, 1.165) is 36.7 Å². The largest absolute Gasteiger partial charge is 0.356 e. The van der Waals surface area contributed by atoms with E-state index in [9.17, 15) is 0 Å². The van der Waals surface area contributed by atoms with E-state index in [0.29, 0.717) is 5.92 Å². The minimum atomic E-state index is 0. The number of nitrogens with zero attached hydrogens (tertiary/aromatic N) is 2. The van der Waals surface area contributed by atoms with Crippen LogP contribution in [-0.2, 0) is 6.54 Å². The average Bonchev–Trinajstić information content (AvgIpc) is 2.97. The van der Waals surface area contributed by atoms with Gasteiger partial charge in [0.1, 0.15) is 0 Å².